The number of anilines is 1. The van der Waals surface area contributed by atoms with Gasteiger partial charge in [0.1, 0.15) is 5.82 Å². The van der Waals surface area contributed by atoms with Crippen LogP contribution in [-0.2, 0) is 6.61 Å². The van der Waals surface area contributed by atoms with Crippen LogP contribution in [0.5, 0.6) is 0 Å². The van der Waals surface area contributed by atoms with Crippen LogP contribution in [0.1, 0.15) is 25.8 Å². The van der Waals surface area contributed by atoms with Gasteiger partial charge in [0.2, 0.25) is 0 Å². The lowest BCUT2D eigenvalue weighted by atomic mass is 10.1. The third kappa shape index (κ3) is 2.69. The van der Waals surface area contributed by atoms with E-state index in [0.29, 0.717) is 11.3 Å². The number of halogens is 1. The molecule has 0 aliphatic heterocycles. The second kappa shape index (κ2) is 5.71. The summed E-state index contributed by atoms with van der Waals surface area (Å²) in [7, 11) is 0. The first-order valence-corrected chi connectivity index (χ1v) is 5.37. The standard InChI is InChI=1S/C12H18FNO/c1-3-8-14(4-2)12-10(9-15)6-5-7-11(12)13/h5-7,15H,3-4,8-9H2,1-2H3. The summed E-state index contributed by atoms with van der Waals surface area (Å²) in [5, 5.41) is 9.16. The maximum absolute atomic E-state index is 13.6. The van der Waals surface area contributed by atoms with Gasteiger partial charge in [-0.3, -0.25) is 0 Å². The first-order valence-electron chi connectivity index (χ1n) is 5.37. The minimum atomic E-state index is -0.253. The molecule has 1 N–H and O–H groups in total. The number of benzene rings is 1. The van der Waals surface area contributed by atoms with Crippen LogP contribution >= 0.6 is 0 Å². The first-order chi connectivity index (χ1) is 7.24. The van der Waals surface area contributed by atoms with Crippen molar-refractivity contribution in [2.45, 2.75) is 26.9 Å². The third-order valence-corrected chi connectivity index (χ3v) is 2.43. The molecule has 0 aliphatic rings. The Kier molecular flexibility index (Phi) is 4.56. The molecule has 0 atom stereocenters. The van der Waals surface area contributed by atoms with Gasteiger partial charge < -0.3 is 10.0 Å². The molecule has 1 aromatic carbocycles. The van der Waals surface area contributed by atoms with E-state index in [0.717, 1.165) is 19.5 Å². The molecular formula is C12H18FNO. The van der Waals surface area contributed by atoms with E-state index in [9.17, 15) is 4.39 Å². The molecule has 0 saturated carbocycles. The highest BCUT2D eigenvalue weighted by molar-refractivity contribution is 5.54. The number of hydrogen-bond donors (Lipinski definition) is 1. The first kappa shape index (κ1) is 12.0. The van der Waals surface area contributed by atoms with Gasteiger partial charge in [-0.05, 0) is 19.4 Å². The number of para-hydroxylation sites is 1. The van der Waals surface area contributed by atoms with Crippen LogP contribution in [0.25, 0.3) is 0 Å². The summed E-state index contributed by atoms with van der Waals surface area (Å²) in [6, 6.07) is 4.83. The van der Waals surface area contributed by atoms with Crippen LogP contribution in [0.2, 0.25) is 0 Å². The molecule has 0 aliphatic carbocycles. The summed E-state index contributed by atoms with van der Waals surface area (Å²) in [6.07, 6.45) is 0.965. The molecule has 0 saturated heterocycles. The van der Waals surface area contributed by atoms with Crippen molar-refractivity contribution in [1.82, 2.24) is 0 Å². The molecule has 1 aromatic rings. The van der Waals surface area contributed by atoms with Crippen molar-refractivity contribution < 1.29 is 9.50 Å². The van der Waals surface area contributed by atoms with Gasteiger partial charge in [0.15, 0.2) is 0 Å². The number of nitrogens with zero attached hydrogens (tertiary/aromatic N) is 1. The molecule has 3 heteroatoms. The fourth-order valence-electron chi connectivity index (χ4n) is 1.74. The largest absolute Gasteiger partial charge is 0.392 e. The van der Waals surface area contributed by atoms with Crippen molar-refractivity contribution in [3.05, 3.63) is 29.6 Å². The van der Waals surface area contributed by atoms with Gasteiger partial charge in [-0.15, -0.1) is 0 Å². The van der Waals surface area contributed by atoms with E-state index in [1.807, 2.05) is 11.8 Å². The number of hydrogen-bond acceptors (Lipinski definition) is 2. The van der Waals surface area contributed by atoms with Gasteiger partial charge in [0.05, 0.1) is 12.3 Å². The van der Waals surface area contributed by atoms with Crippen molar-refractivity contribution in [3.8, 4) is 0 Å². The van der Waals surface area contributed by atoms with E-state index in [2.05, 4.69) is 6.92 Å². The van der Waals surface area contributed by atoms with Gasteiger partial charge in [-0.2, -0.15) is 0 Å². The molecule has 0 heterocycles. The highest BCUT2D eigenvalue weighted by atomic mass is 19.1. The minimum absolute atomic E-state index is 0.118. The fraction of sp³-hybridized carbons (Fsp3) is 0.500. The van der Waals surface area contributed by atoms with Gasteiger partial charge in [0, 0.05) is 18.7 Å². The molecule has 1 rings (SSSR count). The molecule has 0 unspecified atom stereocenters. The molecule has 84 valence electrons. The highest BCUT2D eigenvalue weighted by Gasteiger charge is 2.13. The second-order valence-corrected chi connectivity index (χ2v) is 3.49. The Hall–Kier alpha value is -1.09. The zero-order valence-electron chi connectivity index (χ0n) is 9.33. The molecule has 0 aromatic heterocycles. The predicted molar refractivity (Wildman–Crippen MR) is 60.5 cm³/mol. The fourth-order valence-corrected chi connectivity index (χ4v) is 1.74. The van der Waals surface area contributed by atoms with Gasteiger partial charge >= 0.3 is 0 Å². The van der Waals surface area contributed by atoms with Gasteiger partial charge in [-0.25, -0.2) is 4.39 Å². The van der Waals surface area contributed by atoms with Crippen molar-refractivity contribution in [2.75, 3.05) is 18.0 Å². The molecule has 0 radical (unpaired) electrons. The summed E-state index contributed by atoms with van der Waals surface area (Å²) in [4.78, 5) is 1.96. The molecule has 0 spiro atoms. The molecule has 15 heavy (non-hydrogen) atoms. The van der Waals surface area contributed by atoms with Gasteiger partial charge in [-0.1, -0.05) is 19.1 Å². The van der Waals surface area contributed by atoms with E-state index < -0.39 is 0 Å². The van der Waals surface area contributed by atoms with Crippen LogP contribution in [-0.4, -0.2) is 18.2 Å². The lowest BCUT2D eigenvalue weighted by Gasteiger charge is -2.25. The molecule has 0 amide bonds. The topological polar surface area (TPSA) is 23.5 Å². The molecule has 0 bridgehead atoms. The Balaban J connectivity index is 3.08. The zero-order chi connectivity index (χ0) is 11.3. The summed E-state index contributed by atoms with van der Waals surface area (Å²) >= 11 is 0. The maximum Gasteiger partial charge on any atom is 0.146 e. The molecule has 2 nitrogen and oxygen atoms in total. The second-order valence-electron chi connectivity index (χ2n) is 3.49. The molecular weight excluding hydrogens is 193 g/mol. The summed E-state index contributed by atoms with van der Waals surface area (Å²) in [6.45, 7) is 5.49. The average Bonchev–Trinajstić information content (AvgIpc) is 2.26. The van der Waals surface area contributed by atoms with Crippen molar-refractivity contribution in [3.63, 3.8) is 0 Å². The SMILES string of the molecule is CCCN(CC)c1c(F)cccc1CO. The predicted octanol–water partition coefficient (Wildman–Crippen LogP) is 2.55. The van der Waals surface area contributed by atoms with Crippen LogP contribution < -0.4 is 4.90 Å². The van der Waals surface area contributed by atoms with Crippen LogP contribution in [0.4, 0.5) is 10.1 Å². The van der Waals surface area contributed by atoms with Crippen LogP contribution in [0.3, 0.4) is 0 Å². The Labute approximate surface area is 90.3 Å². The Morgan fingerprint density at radius 3 is 2.60 bits per heavy atom. The van der Waals surface area contributed by atoms with E-state index in [-0.39, 0.29) is 12.4 Å². The monoisotopic (exact) mass is 211 g/mol. The van der Waals surface area contributed by atoms with E-state index in [1.54, 1.807) is 12.1 Å². The Morgan fingerprint density at radius 1 is 1.33 bits per heavy atom. The lowest BCUT2D eigenvalue weighted by molar-refractivity contribution is 0.281. The van der Waals surface area contributed by atoms with Crippen molar-refractivity contribution in [2.24, 2.45) is 0 Å². The van der Waals surface area contributed by atoms with E-state index in [4.69, 9.17) is 5.11 Å². The summed E-state index contributed by atoms with van der Waals surface area (Å²) in [5.41, 5.74) is 1.20. The van der Waals surface area contributed by atoms with Crippen molar-refractivity contribution in [1.29, 1.82) is 0 Å². The number of rotatable bonds is 5. The average molecular weight is 211 g/mol. The van der Waals surface area contributed by atoms with Crippen LogP contribution in [0, 0.1) is 5.82 Å². The summed E-state index contributed by atoms with van der Waals surface area (Å²) < 4.78 is 13.6. The third-order valence-electron chi connectivity index (χ3n) is 2.43. The van der Waals surface area contributed by atoms with E-state index >= 15 is 0 Å². The Bertz CT molecular complexity index is 314. The summed E-state index contributed by atoms with van der Waals surface area (Å²) in [5.74, 6) is -0.253. The highest BCUT2D eigenvalue weighted by Crippen LogP contribution is 2.24. The number of aliphatic hydroxyl groups excluding tert-OH is 1. The quantitative estimate of drug-likeness (QED) is 0.809. The minimum Gasteiger partial charge on any atom is -0.392 e. The van der Waals surface area contributed by atoms with Gasteiger partial charge in [0.25, 0.3) is 0 Å². The van der Waals surface area contributed by atoms with Crippen LogP contribution in [0.15, 0.2) is 18.2 Å². The maximum atomic E-state index is 13.6. The normalized spacial score (nSPS) is 10.4. The smallest absolute Gasteiger partial charge is 0.146 e. The van der Waals surface area contributed by atoms with Crippen molar-refractivity contribution >= 4 is 5.69 Å². The Morgan fingerprint density at radius 2 is 2.07 bits per heavy atom. The van der Waals surface area contributed by atoms with E-state index in [1.165, 1.54) is 6.07 Å². The molecule has 0 fully saturated rings. The zero-order valence-corrected chi connectivity index (χ0v) is 9.33. The number of aliphatic hydroxyl groups is 1. The lowest BCUT2D eigenvalue weighted by Crippen LogP contribution is -2.25.